The lowest BCUT2D eigenvalue weighted by atomic mass is 10.1. The van der Waals surface area contributed by atoms with Crippen LogP contribution < -0.4 is 4.74 Å². The van der Waals surface area contributed by atoms with Crippen LogP contribution in [0.3, 0.4) is 0 Å². The molecule has 0 fully saturated rings. The molecule has 5 nitrogen and oxygen atoms in total. The Kier molecular flexibility index (Phi) is 5.45. The Hall–Kier alpha value is -2.38. The van der Waals surface area contributed by atoms with Crippen molar-refractivity contribution >= 4 is 17.7 Å². The smallest absolute Gasteiger partial charge is 0.313 e. The highest BCUT2D eigenvalue weighted by Crippen LogP contribution is 2.28. The standard InChI is InChI=1S/C13H11F3O5/c1-3-20-10(19)5-9(18)7-4-8(14)12(16)13(11(7)15)21-6(2)17/h4H,3,5H2,1-2H3. The molecule has 0 amide bonds. The van der Waals surface area contributed by atoms with Gasteiger partial charge in [-0.05, 0) is 13.0 Å². The van der Waals surface area contributed by atoms with E-state index >= 15 is 0 Å². The van der Waals surface area contributed by atoms with Crippen LogP contribution in [0.5, 0.6) is 5.75 Å². The second kappa shape index (κ2) is 6.87. The predicted octanol–water partition coefficient (Wildman–Crippen LogP) is 2.17. The number of rotatable bonds is 5. The van der Waals surface area contributed by atoms with E-state index in [1.807, 2.05) is 0 Å². The molecule has 0 aliphatic heterocycles. The Morgan fingerprint density at radius 2 is 1.76 bits per heavy atom. The van der Waals surface area contributed by atoms with Crippen LogP contribution in [0.15, 0.2) is 6.07 Å². The maximum atomic E-state index is 13.9. The minimum atomic E-state index is -1.74. The molecule has 1 rings (SSSR count). The molecular weight excluding hydrogens is 293 g/mol. The molecule has 0 N–H and O–H groups in total. The molecule has 0 saturated heterocycles. The first-order chi connectivity index (χ1) is 9.77. The molecule has 0 aliphatic rings. The van der Waals surface area contributed by atoms with Crippen molar-refractivity contribution in [2.75, 3.05) is 6.61 Å². The van der Waals surface area contributed by atoms with Gasteiger partial charge in [-0.25, -0.2) is 8.78 Å². The largest absolute Gasteiger partial charge is 0.466 e. The molecule has 1 aromatic rings. The van der Waals surface area contributed by atoms with Gasteiger partial charge < -0.3 is 9.47 Å². The molecule has 0 bridgehead atoms. The van der Waals surface area contributed by atoms with Crippen molar-refractivity contribution in [2.45, 2.75) is 20.3 Å². The van der Waals surface area contributed by atoms with Gasteiger partial charge in [0.1, 0.15) is 6.42 Å². The maximum Gasteiger partial charge on any atom is 0.313 e. The second-order valence-electron chi connectivity index (χ2n) is 3.86. The van der Waals surface area contributed by atoms with Crippen LogP contribution in [-0.4, -0.2) is 24.3 Å². The van der Waals surface area contributed by atoms with E-state index in [4.69, 9.17) is 0 Å². The molecule has 0 atom stereocenters. The quantitative estimate of drug-likeness (QED) is 0.274. The molecule has 0 aliphatic carbocycles. The van der Waals surface area contributed by atoms with Crippen LogP contribution in [-0.2, 0) is 14.3 Å². The van der Waals surface area contributed by atoms with E-state index in [9.17, 15) is 27.6 Å². The third kappa shape index (κ3) is 4.04. The summed E-state index contributed by atoms with van der Waals surface area (Å²) in [5.74, 6) is -9.37. The maximum absolute atomic E-state index is 13.9. The number of carbonyl (C=O) groups is 3. The van der Waals surface area contributed by atoms with Gasteiger partial charge in [0.15, 0.2) is 17.4 Å². The summed E-state index contributed by atoms with van der Waals surface area (Å²) in [5, 5.41) is 0. The summed E-state index contributed by atoms with van der Waals surface area (Å²) < 4.78 is 49.3. The Morgan fingerprint density at radius 1 is 1.14 bits per heavy atom. The van der Waals surface area contributed by atoms with E-state index in [0.717, 1.165) is 6.92 Å². The number of halogens is 3. The molecule has 1 aromatic carbocycles. The fourth-order valence-corrected chi connectivity index (χ4v) is 1.46. The fraction of sp³-hybridized carbons (Fsp3) is 0.308. The molecule has 8 heteroatoms. The van der Waals surface area contributed by atoms with Gasteiger partial charge >= 0.3 is 11.9 Å². The predicted molar refractivity (Wildman–Crippen MR) is 63.2 cm³/mol. The van der Waals surface area contributed by atoms with Gasteiger partial charge in [0.05, 0.1) is 12.2 Å². The molecule has 0 unspecified atom stereocenters. The van der Waals surface area contributed by atoms with Crippen LogP contribution in [0.4, 0.5) is 13.2 Å². The van der Waals surface area contributed by atoms with Gasteiger partial charge in [-0.15, -0.1) is 0 Å². The van der Waals surface area contributed by atoms with E-state index in [0.29, 0.717) is 6.07 Å². The third-order valence-corrected chi connectivity index (χ3v) is 2.27. The van der Waals surface area contributed by atoms with Crippen LogP contribution in [0.25, 0.3) is 0 Å². The minimum absolute atomic E-state index is 0.00503. The summed E-state index contributed by atoms with van der Waals surface area (Å²) in [6, 6.07) is 0.291. The first-order valence-electron chi connectivity index (χ1n) is 5.82. The molecule has 114 valence electrons. The fourth-order valence-electron chi connectivity index (χ4n) is 1.46. The third-order valence-electron chi connectivity index (χ3n) is 2.27. The topological polar surface area (TPSA) is 69.7 Å². The van der Waals surface area contributed by atoms with Crippen molar-refractivity contribution in [1.29, 1.82) is 0 Å². The lowest BCUT2D eigenvalue weighted by Gasteiger charge is -2.09. The summed E-state index contributed by atoms with van der Waals surface area (Å²) in [5.41, 5.74) is -0.904. The van der Waals surface area contributed by atoms with Crippen LogP contribution in [0, 0.1) is 17.5 Å². The zero-order valence-electron chi connectivity index (χ0n) is 11.2. The Bertz CT molecular complexity index is 598. The highest BCUT2D eigenvalue weighted by Gasteiger charge is 2.26. The number of carbonyl (C=O) groups excluding carboxylic acids is 3. The molecule has 0 spiro atoms. The van der Waals surface area contributed by atoms with Crippen LogP contribution >= 0.6 is 0 Å². The molecule has 0 aromatic heterocycles. The van der Waals surface area contributed by atoms with Gasteiger partial charge in [-0.1, -0.05) is 0 Å². The molecule has 21 heavy (non-hydrogen) atoms. The SMILES string of the molecule is CCOC(=O)CC(=O)c1cc(F)c(F)c(OC(C)=O)c1F. The van der Waals surface area contributed by atoms with E-state index in [-0.39, 0.29) is 6.61 Å². The summed E-state index contributed by atoms with van der Waals surface area (Å²) in [6.45, 7) is 2.36. The Labute approximate surface area is 117 Å². The summed E-state index contributed by atoms with van der Waals surface area (Å²) in [7, 11) is 0. The van der Waals surface area contributed by atoms with E-state index < -0.39 is 52.9 Å². The number of Topliss-reactive ketones (excluding diaryl/α,β-unsaturated/α-hetero) is 1. The Morgan fingerprint density at radius 3 is 2.29 bits per heavy atom. The zero-order valence-corrected chi connectivity index (χ0v) is 11.2. The molecular formula is C13H11F3O5. The number of benzene rings is 1. The van der Waals surface area contributed by atoms with E-state index in [1.165, 1.54) is 6.92 Å². The van der Waals surface area contributed by atoms with Crippen molar-refractivity contribution in [1.82, 2.24) is 0 Å². The average Bonchev–Trinajstić information content (AvgIpc) is 2.38. The van der Waals surface area contributed by atoms with Gasteiger partial charge in [-0.3, -0.25) is 14.4 Å². The van der Waals surface area contributed by atoms with Gasteiger partial charge in [0, 0.05) is 6.92 Å². The number of esters is 2. The van der Waals surface area contributed by atoms with Gasteiger partial charge in [0.25, 0.3) is 0 Å². The monoisotopic (exact) mass is 304 g/mol. The van der Waals surface area contributed by atoms with Crippen LogP contribution in [0.1, 0.15) is 30.6 Å². The summed E-state index contributed by atoms with van der Waals surface area (Å²) in [6.07, 6.45) is -0.852. The number of hydrogen-bond donors (Lipinski definition) is 0. The van der Waals surface area contributed by atoms with Crippen molar-refractivity contribution in [3.63, 3.8) is 0 Å². The van der Waals surface area contributed by atoms with Crippen molar-refractivity contribution in [2.24, 2.45) is 0 Å². The summed E-state index contributed by atoms with van der Waals surface area (Å²) in [4.78, 5) is 33.6. The summed E-state index contributed by atoms with van der Waals surface area (Å²) >= 11 is 0. The van der Waals surface area contributed by atoms with Crippen molar-refractivity contribution in [3.05, 3.63) is 29.1 Å². The average molecular weight is 304 g/mol. The van der Waals surface area contributed by atoms with E-state index in [1.54, 1.807) is 0 Å². The van der Waals surface area contributed by atoms with Crippen molar-refractivity contribution < 1.29 is 37.0 Å². The van der Waals surface area contributed by atoms with Crippen molar-refractivity contribution in [3.8, 4) is 5.75 Å². The Balaban J connectivity index is 3.19. The van der Waals surface area contributed by atoms with Gasteiger partial charge in [-0.2, -0.15) is 4.39 Å². The van der Waals surface area contributed by atoms with Crippen LogP contribution in [0.2, 0.25) is 0 Å². The minimum Gasteiger partial charge on any atom is -0.466 e. The number of ether oxygens (including phenoxy) is 2. The highest BCUT2D eigenvalue weighted by molar-refractivity contribution is 6.06. The normalized spacial score (nSPS) is 10.1. The van der Waals surface area contributed by atoms with E-state index in [2.05, 4.69) is 9.47 Å². The number of ketones is 1. The molecule has 0 heterocycles. The second-order valence-corrected chi connectivity index (χ2v) is 3.86. The highest BCUT2D eigenvalue weighted by atomic mass is 19.2. The molecule has 0 radical (unpaired) electrons. The molecule has 0 saturated carbocycles. The first kappa shape index (κ1) is 16.7. The number of hydrogen-bond acceptors (Lipinski definition) is 5. The lowest BCUT2D eigenvalue weighted by molar-refractivity contribution is -0.142. The first-order valence-corrected chi connectivity index (χ1v) is 5.82. The zero-order chi connectivity index (χ0) is 16.2. The lowest BCUT2D eigenvalue weighted by Crippen LogP contribution is -2.15. The van der Waals surface area contributed by atoms with Gasteiger partial charge in [0.2, 0.25) is 11.6 Å².